The van der Waals surface area contributed by atoms with E-state index in [0.717, 1.165) is 36.1 Å². The lowest BCUT2D eigenvalue weighted by atomic mass is 9.77. The van der Waals surface area contributed by atoms with Gasteiger partial charge in [-0.05, 0) is 51.5 Å². The van der Waals surface area contributed by atoms with Gasteiger partial charge in [0.1, 0.15) is 0 Å². The van der Waals surface area contributed by atoms with Crippen LogP contribution in [0.15, 0.2) is 6.07 Å². The standard InChI is InChI=1S/C14H24N4/c1-10-4-6-14(9-15,7-5-10)18-13-16-11(2)8-12(3)17-13/h8,10H,4-7,9,15H2,1-3H3,(H,16,17,18). The predicted molar refractivity (Wildman–Crippen MR) is 74.5 cm³/mol. The highest BCUT2D eigenvalue weighted by Gasteiger charge is 2.33. The molecular weight excluding hydrogens is 224 g/mol. The maximum absolute atomic E-state index is 5.99. The maximum Gasteiger partial charge on any atom is 0.223 e. The Morgan fingerprint density at radius 2 is 1.83 bits per heavy atom. The number of hydrogen-bond acceptors (Lipinski definition) is 4. The zero-order valence-electron chi connectivity index (χ0n) is 11.7. The summed E-state index contributed by atoms with van der Waals surface area (Å²) in [6, 6.07) is 1.99. The molecule has 0 atom stereocenters. The van der Waals surface area contributed by atoms with Crippen molar-refractivity contribution in [3.8, 4) is 0 Å². The number of nitrogens with two attached hydrogens (primary N) is 1. The Hall–Kier alpha value is -1.16. The van der Waals surface area contributed by atoms with E-state index >= 15 is 0 Å². The fraction of sp³-hybridized carbons (Fsp3) is 0.714. The molecule has 1 heterocycles. The van der Waals surface area contributed by atoms with Gasteiger partial charge < -0.3 is 11.1 Å². The van der Waals surface area contributed by atoms with E-state index in [-0.39, 0.29) is 5.54 Å². The molecule has 18 heavy (non-hydrogen) atoms. The van der Waals surface area contributed by atoms with Crippen molar-refractivity contribution in [3.63, 3.8) is 0 Å². The number of nitrogens with one attached hydrogen (secondary N) is 1. The van der Waals surface area contributed by atoms with Crippen molar-refractivity contribution in [2.24, 2.45) is 11.7 Å². The minimum Gasteiger partial charge on any atom is -0.347 e. The number of nitrogens with zero attached hydrogens (tertiary/aromatic N) is 2. The van der Waals surface area contributed by atoms with Gasteiger partial charge in [0.25, 0.3) is 0 Å². The van der Waals surface area contributed by atoms with Crippen LogP contribution in [0.1, 0.15) is 44.0 Å². The fourth-order valence-electron chi connectivity index (χ4n) is 2.71. The van der Waals surface area contributed by atoms with E-state index in [1.165, 1.54) is 12.8 Å². The van der Waals surface area contributed by atoms with E-state index in [2.05, 4.69) is 22.2 Å². The fourth-order valence-corrected chi connectivity index (χ4v) is 2.71. The molecule has 0 spiro atoms. The Kier molecular flexibility index (Phi) is 3.85. The molecule has 1 aliphatic rings. The average molecular weight is 248 g/mol. The van der Waals surface area contributed by atoms with Gasteiger partial charge >= 0.3 is 0 Å². The summed E-state index contributed by atoms with van der Waals surface area (Å²) in [5.74, 6) is 1.54. The van der Waals surface area contributed by atoms with Crippen molar-refractivity contribution in [1.82, 2.24) is 9.97 Å². The highest BCUT2D eigenvalue weighted by molar-refractivity contribution is 5.32. The van der Waals surface area contributed by atoms with Crippen LogP contribution in [0.5, 0.6) is 0 Å². The van der Waals surface area contributed by atoms with Gasteiger partial charge in [0.2, 0.25) is 5.95 Å². The van der Waals surface area contributed by atoms with Gasteiger partial charge in [-0.2, -0.15) is 0 Å². The second kappa shape index (κ2) is 5.22. The molecule has 0 bridgehead atoms. The Balaban J connectivity index is 2.14. The van der Waals surface area contributed by atoms with Crippen LogP contribution in [0.25, 0.3) is 0 Å². The second-order valence-electron chi connectivity index (χ2n) is 5.77. The molecule has 1 aliphatic carbocycles. The summed E-state index contributed by atoms with van der Waals surface area (Å²) in [4.78, 5) is 8.92. The third kappa shape index (κ3) is 2.99. The molecule has 0 unspecified atom stereocenters. The predicted octanol–water partition coefficient (Wildman–Crippen LogP) is 2.41. The third-order valence-corrected chi connectivity index (χ3v) is 3.98. The number of hydrogen-bond donors (Lipinski definition) is 2. The zero-order valence-corrected chi connectivity index (χ0v) is 11.7. The van der Waals surface area contributed by atoms with Crippen molar-refractivity contribution in [1.29, 1.82) is 0 Å². The Morgan fingerprint density at radius 1 is 1.28 bits per heavy atom. The normalized spacial score (nSPS) is 28.1. The van der Waals surface area contributed by atoms with Gasteiger partial charge in [0.15, 0.2) is 0 Å². The molecule has 0 amide bonds. The number of aromatic nitrogens is 2. The van der Waals surface area contributed by atoms with Crippen molar-refractivity contribution in [3.05, 3.63) is 17.5 Å². The molecule has 4 heteroatoms. The van der Waals surface area contributed by atoms with Gasteiger partial charge in [-0.1, -0.05) is 6.92 Å². The smallest absolute Gasteiger partial charge is 0.223 e. The molecule has 3 N–H and O–H groups in total. The zero-order chi connectivity index (χ0) is 13.2. The Bertz CT molecular complexity index is 388. The average Bonchev–Trinajstić information content (AvgIpc) is 2.31. The molecule has 2 rings (SSSR count). The monoisotopic (exact) mass is 248 g/mol. The molecule has 1 fully saturated rings. The van der Waals surface area contributed by atoms with Crippen molar-refractivity contribution >= 4 is 5.95 Å². The van der Waals surface area contributed by atoms with Crippen LogP contribution in [0, 0.1) is 19.8 Å². The van der Waals surface area contributed by atoms with E-state index in [9.17, 15) is 0 Å². The topological polar surface area (TPSA) is 63.8 Å². The summed E-state index contributed by atoms with van der Waals surface area (Å²) in [6.07, 6.45) is 4.69. The van der Waals surface area contributed by atoms with Crippen molar-refractivity contribution in [2.45, 2.75) is 52.0 Å². The number of aryl methyl sites for hydroxylation is 2. The van der Waals surface area contributed by atoms with E-state index < -0.39 is 0 Å². The highest BCUT2D eigenvalue weighted by atomic mass is 15.2. The molecule has 4 nitrogen and oxygen atoms in total. The van der Waals surface area contributed by atoms with Crippen LogP contribution in [-0.2, 0) is 0 Å². The van der Waals surface area contributed by atoms with Crippen LogP contribution in [-0.4, -0.2) is 22.1 Å². The van der Waals surface area contributed by atoms with Gasteiger partial charge in [-0.3, -0.25) is 0 Å². The Labute approximate surface area is 109 Å². The summed E-state index contributed by atoms with van der Waals surface area (Å²) in [6.45, 7) is 6.96. The van der Waals surface area contributed by atoms with Crippen LogP contribution in [0.3, 0.4) is 0 Å². The van der Waals surface area contributed by atoms with E-state index in [1.54, 1.807) is 0 Å². The lowest BCUT2D eigenvalue weighted by molar-refractivity contribution is 0.270. The molecule has 0 aliphatic heterocycles. The van der Waals surface area contributed by atoms with Gasteiger partial charge in [-0.25, -0.2) is 9.97 Å². The first kappa shape index (κ1) is 13.3. The van der Waals surface area contributed by atoms with Crippen LogP contribution in [0.2, 0.25) is 0 Å². The van der Waals surface area contributed by atoms with Gasteiger partial charge in [0, 0.05) is 17.9 Å². The SMILES string of the molecule is Cc1cc(C)nc(NC2(CN)CCC(C)CC2)n1. The Morgan fingerprint density at radius 3 is 2.33 bits per heavy atom. The molecule has 1 aromatic heterocycles. The first-order chi connectivity index (χ1) is 8.53. The third-order valence-electron chi connectivity index (χ3n) is 3.98. The van der Waals surface area contributed by atoms with Gasteiger partial charge in [-0.15, -0.1) is 0 Å². The number of rotatable bonds is 3. The van der Waals surface area contributed by atoms with E-state index in [0.29, 0.717) is 6.54 Å². The van der Waals surface area contributed by atoms with Crippen molar-refractivity contribution in [2.75, 3.05) is 11.9 Å². The summed E-state index contributed by atoms with van der Waals surface area (Å²) in [5.41, 5.74) is 7.98. The molecule has 100 valence electrons. The minimum atomic E-state index is -0.00720. The summed E-state index contributed by atoms with van der Waals surface area (Å²) in [5, 5.41) is 3.50. The van der Waals surface area contributed by atoms with Crippen LogP contribution < -0.4 is 11.1 Å². The van der Waals surface area contributed by atoms with Crippen LogP contribution in [0.4, 0.5) is 5.95 Å². The summed E-state index contributed by atoms with van der Waals surface area (Å²) in [7, 11) is 0. The van der Waals surface area contributed by atoms with Gasteiger partial charge in [0.05, 0.1) is 5.54 Å². The molecule has 0 radical (unpaired) electrons. The largest absolute Gasteiger partial charge is 0.347 e. The molecule has 0 aromatic carbocycles. The van der Waals surface area contributed by atoms with Crippen LogP contribution >= 0.6 is 0 Å². The molecular formula is C14H24N4. The lowest BCUT2D eigenvalue weighted by Crippen LogP contribution is -2.48. The first-order valence-corrected chi connectivity index (χ1v) is 6.83. The highest BCUT2D eigenvalue weighted by Crippen LogP contribution is 2.33. The lowest BCUT2D eigenvalue weighted by Gasteiger charge is -2.39. The quantitative estimate of drug-likeness (QED) is 0.862. The number of anilines is 1. The van der Waals surface area contributed by atoms with Crippen molar-refractivity contribution < 1.29 is 0 Å². The summed E-state index contributed by atoms with van der Waals surface area (Å²) >= 11 is 0. The minimum absolute atomic E-state index is 0.00720. The summed E-state index contributed by atoms with van der Waals surface area (Å²) < 4.78 is 0. The second-order valence-corrected chi connectivity index (χ2v) is 5.77. The first-order valence-electron chi connectivity index (χ1n) is 6.83. The molecule has 1 aromatic rings. The molecule has 0 saturated heterocycles. The molecule has 1 saturated carbocycles. The maximum atomic E-state index is 5.99. The van der Waals surface area contributed by atoms with E-state index in [1.807, 2.05) is 19.9 Å². The van der Waals surface area contributed by atoms with E-state index in [4.69, 9.17) is 5.73 Å².